The highest BCUT2D eigenvalue weighted by atomic mass is 14.5. The first-order valence-electron chi connectivity index (χ1n) is 10.6. The molecule has 6 rings (SSSR count). The zero-order valence-corrected chi connectivity index (χ0v) is 17.0. The fraction of sp³-hybridized carbons (Fsp3) is 0. The second-order valence-electron chi connectivity index (χ2n) is 7.99. The second kappa shape index (κ2) is 7.00. The molecule has 2 N–H and O–H groups in total. The SMILES string of the molecule is Nc1ccc(-c2c3ccccc3c(-c3cccc4ccccc34)c3ccccc23)cc1. The molecule has 31 heavy (non-hydrogen) atoms. The van der Waals surface area contributed by atoms with Gasteiger partial charge in [-0.1, -0.05) is 103 Å². The number of hydrogen-bond donors (Lipinski definition) is 1. The average molecular weight is 396 g/mol. The van der Waals surface area contributed by atoms with Gasteiger partial charge in [0.05, 0.1) is 0 Å². The smallest absolute Gasteiger partial charge is 0.0314 e. The molecule has 0 fully saturated rings. The van der Waals surface area contributed by atoms with Gasteiger partial charge in [-0.3, -0.25) is 0 Å². The predicted octanol–water partition coefficient (Wildman–Crippen LogP) is 8.06. The molecular formula is C30H21N. The molecule has 0 saturated carbocycles. The first-order valence-corrected chi connectivity index (χ1v) is 10.6. The summed E-state index contributed by atoms with van der Waals surface area (Å²) in [6.45, 7) is 0. The Hall–Kier alpha value is -4.10. The molecule has 6 aromatic carbocycles. The Bertz CT molecular complexity index is 1510. The number of fused-ring (bicyclic) bond motifs is 3. The molecule has 0 aliphatic carbocycles. The van der Waals surface area contributed by atoms with E-state index in [0.717, 1.165) is 5.69 Å². The van der Waals surface area contributed by atoms with E-state index in [2.05, 4.69) is 103 Å². The zero-order chi connectivity index (χ0) is 20.8. The minimum atomic E-state index is 0.782. The van der Waals surface area contributed by atoms with Crippen LogP contribution in [0.2, 0.25) is 0 Å². The van der Waals surface area contributed by atoms with Crippen LogP contribution in [-0.2, 0) is 0 Å². The summed E-state index contributed by atoms with van der Waals surface area (Å²) in [4.78, 5) is 0. The van der Waals surface area contributed by atoms with Crippen molar-refractivity contribution >= 4 is 38.0 Å². The lowest BCUT2D eigenvalue weighted by atomic mass is 9.85. The van der Waals surface area contributed by atoms with Gasteiger partial charge in [-0.2, -0.15) is 0 Å². The highest BCUT2D eigenvalue weighted by Gasteiger charge is 2.17. The van der Waals surface area contributed by atoms with Crippen LogP contribution in [0.1, 0.15) is 0 Å². The van der Waals surface area contributed by atoms with Crippen LogP contribution in [0.5, 0.6) is 0 Å². The van der Waals surface area contributed by atoms with Gasteiger partial charge in [0.1, 0.15) is 0 Å². The van der Waals surface area contributed by atoms with Crippen molar-refractivity contribution in [2.24, 2.45) is 0 Å². The Kier molecular flexibility index (Phi) is 4.00. The molecule has 146 valence electrons. The monoisotopic (exact) mass is 395 g/mol. The first-order chi connectivity index (χ1) is 15.3. The van der Waals surface area contributed by atoms with Crippen LogP contribution in [-0.4, -0.2) is 0 Å². The van der Waals surface area contributed by atoms with Gasteiger partial charge in [-0.25, -0.2) is 0 Å². The molecule has 0 aliphatic heterocycles. The third-order valence-electron chi connectivity index (χ3n) is 6.19. The van der Waals surface area contributed by atoms with E-state index in [1.54, 1.807) is 0 Å². The van der Waals surface area contributed by atoms with E-state index >= 15 is 0 Å². The Balaban J connectivity index is 1.82. The third-order valence-corrected chi connectivity index (χ3v) is 6.19. The highest BCUT2D eigenvalue weighted by molar-refractivity contribution is 6.23. The summed E-state index contributed by atoms with van der Waals surface area (Å²) in [5.41, 5.74) is 11.8. The topological polar surface area (TPSA) is 26.0 Å². The average Bonchev–Trinajstić information content (AvgIpc) is 2.83. The third kappa shape index (κ3) is 2.78. The van der Waals surface area contributed by atoms with Gasteiger partial charge in [0, 0.05) is 5.69 Å². The highest BCUT2D eigenvalue weighted by Crippen LogP contribution is 2.45. The van der Waals surface area contributed by atoms with Crippen molar-refractivity contribution in [2.75, 3.05) is 5.73 Å². The maximum Gasteiger partial charge on any atom is 0.0314 e. The van der Waals surface area contributed by atoms with Crippen LogP contribution in [0.3, 0.4) is 0 Å². The lowest BCUT2D eigenvalue weighted by Crippen LogP contribution is -1.92. The summed E-state index contributed by atoms with van der Waals surface area (Å²) in [5.74, 6) is 0. The van der Waals surface area contributed by atoms with Crippen molar-refractivity contribution in [2.45, 2.75) is 0 Å². The molecule has 6 aromatic rings. The standard InChI is InChI=1S/C30H21N/c31-22-18-16-21(17-19-22)29-25-11-3-5-13-27(25)30(28-14-6-4-12-26(28)29)24-15-7-9-20-8-1-2-10-23(20)24/h1-19H,31H2. The van der Waals surface area contributed by atoms with Crippen molar-refractivity contribution in [1.29, 1.82) is 0 Å². The van der Waals surface area contributed by atoms with Gasteiger partial charge in [0.25, 0.3) is 0 Å². The van der Waals surface area contributed by atoms with E-state index in [1.165, 1.54) is 54.6 Å². The molecule has 0 spiro atoms. The summed E-state index contributed by atoms with van der Waals surface area (Å²) in [7, 11) is 0. The van der Waals surface area contributed by atoms with Crippen molar-refractivity contribution in [1.82, 2.24) is 0 Å². The van der Waals surface area contributed by atoms with Crippen LogP contribution in [0.4, 0.5) is 5.69 Å². The number of nitrogen functional groups attached to an aromatic ring is 1. The van der Waals surface area contributed by atoms with E-state index < -0.39 is 0 Å². The molecule has 0 atom stereocenters. The van der Waals surface area contributed by atoms with Crippen LogP contribution in [0.25, 0.3) is 54.6 Å². The molecule has 0 aromatic heterocycles. The van der Waals surface area contributed by atoms with E-state index in [4.69, 9.17) is 5.73 Å². The summed E-state index contributed by atoms with van der Waals surface area (Å²) < 4.78 is 0. The van der Waals surface area contributed by atoms with E-state index in [1.807, 2.05) is 12.1 Å². The van der Waals surface area contributed by atoms with Gasteiger partial charge < -0.3 is 5.73 Å². The van der Waals surface area contributed by atoms with Gasteiger partial charge in [-0.05, 0) is 66.7 Å². The molecule has 0 unspecified atom stereocenters. The molecule has 0 aliphatic rings. The van der Waals surface area contributed by atoms with Gasteiger partial charge >= 0.3 is 0 Å². The van der Waals surface area contributed by atoms with Crippen LogP contribution in [0.15, 0.2) is 115 Å². The molecule has 0 bridgehead atoms. The fourth-order valence-corrected chi connectivity index (χ4v) is 4.82. The van der Waals surface area contributed by atoms with Crippen LogP contribution in [0, 0.1) is 0 Å². The summed E-state index contributed by atoms with van der Waals surface area (Å²) in [5, 5.41) is 7.59. The largest absolute Gasteiger partial charge is 0.399 e. The Labute approximate surface area is 181 Å². The fourth-order valence-electron chi connectivity index (χ4n) is 4.82. The number of hydrogen-bond acceptors (Lipinski definition) is 1. The molecule has 0 heterocycles. The summed E-state index contributed by atoms with van der Waals surface area (Å²) in [6.07, 6.45) is 0. The minimum absolute atomic E-state index is 0.782. The maximum absolute atomic E-state index is 5.98. The molecule has 0 amide bonds. The van der Waals surface area contributed by atoms with Crippen LogP contribution >= 0.6 is 0 Å². The van der Waals surface area contributed by atoms with Gasteiger partial charge in [0.15, 0.2) is 0 Å². The molecular weight excluding hydrogens is 374 g/mol. The Morgan fingerprint density at radius 3 is 1.48 bits per heavy atom. The Morgan fingerprint density at radius 1 is 0.387 bits per heavy atom. The van der Waals surface area contributed by atoms with E-state index in [-0.39, 0.29) is 0 Å². The van der Waals surface area contributed by atoms with Gasteiger partial charge in [0.2, 0.25) is 0 Å². The van der Waals surface area contributed by atoms with Crippen molar-refractivity contribution in [3.05, 3.63) is 115 Å². The van der Waals surface area contributed by atoms with Crippen molar-refractivity contribution in [3.63, 3.8) is 0 Å². The summed E-state index contributed by atoms with van der Waals surface area (Å²) >= 11 is 0. The maximum atomic E-state index is 5.98. The lowest BCUT2D eigenvalue weighted by Gasteiger charge is -2.18. The number of benzene rings is 6. The molecule has 1 heteroatoms. The normalized spacial score (nSPS) is 11.4. The first kappa shape index (κ1) is 17.7. The van der Waals surface area contributed by atoms with Crippen molar-refractivity contribution in [3.8, 4) is 22.3 Å². The second-order valence-corrected chi connectivity index (χ2v) is 7.99. The van der Waals surface area contributed by atoms with E-state index in [9.17, 15) is 0 Å². The van der Waals surface area contributed by atoms with Gasteiger partial charge in [-0.15, -0.1) is 0 Å². The number of nitrogens with two attached hydrogens (primary N) is 1. The molecule has 1 nitrogen and oxygen atoms in total. The van der Waals surface area contributed by atoms with Crippen molar-refractivity contribution < 1.29 is 0 Å². The quantitative estimate of drug-likeness (QED) is 0.233. The number of anilines is 1. The minimum Gasteiger partial charge on any atom is -0.399 e. The number of rotatable bonds is 2. The predicted molar refractivity (Wildman–Crippen MR) is 134 cm³/mol. The van der Waals surface area contributed by atoms with E-state index in [0.29, 0.717) is 0 Å². The summed E-state index contributed by atoms with van der Waals surface area (Å²) in [6, 6.07) is 41.0. The zero-order valence-electron chi connectivity index (χ0n) is 17.0. The molecule has 0 saturated heterocycles. The Morgan fingerprint density at radius 2 is 0.871 bits per heavy atom. The lowest BCUT2D eigenvalue weighted by molar-refractivity contribution is 1.65. The molecule has 0 radical (unpaired) electrons. The van der Waals surface area contributed by atoms with Crippen LogP contribution < -0.4 is 5.73 Å².